The van der Waals surface area contributed by atoms with Crippen molar-refractivity contribution in [1.82, 2.24) is 20.1 Å². The smallest absolute Gasteiger partial charge is 0.273 e. The van der Waals surface area contributed by atoms with Crippen molar-refractivity contribution < 1.29 is 18.7 Å². The van der Waals surface area contributed by atoms with Gasteiger partial charge in [0.05, 0.1) is 7.11 Å². The van der Waals surface area contributed by atoms with Gasteiger partial charge in [-0.25, -0.2) is 4.39 Å². The molecule has 1 aliphatic rings. The van der Waals surface area contributed by atoms with Crippen molar-refractivity contribution in [2.24, 2.45) is 0 Å². The molecule has 4 rings (SSSR count). The number of carbonyl (C=O) groups is 1. The van der Waals surface area contributed by atoms with E-state index in [1.54, 1.807) is 36.4 Å². The summed E-state index contributed by atoms with van der Waals surface area (Å²) in [6, 6.07) is 11.4. The molecule has 0 spiro atoms. The van der Waals surface area contributed by atoms with Crippen LogP contribution in [0.3, 0.4) is 0 Å². The number of aromatic nitrogens is 3. The molecule has 0 bridgehead atoms. The molecule has 3 aromatic rings. The minimum atomic E-state index is -0.379. The van der Waals surface area contributed by atoms with Crippen molar-refractivity contribution in [3.05, 3.63) is 69.9 Å². The number of likely N-dealkylation sites (tertiary alicyclic amines) is 1. The maximum Gasteiger partial charge on any atom is 0.273 e. The summed E-state index contributed by atoms with van der Waals surface area (Å²) in [4.78, 5) is 29.5. The van der Waals surface area contributed by atoms with E-state index in [2.05, 4.69) is 15.2 Å². The number of H-pyrrole nitrogens is 1. The molecular weight excluding hydrogens is 439 g/mol. The zero-order valence-electron chi connectivity index (χ0n) is 19.1. The number of methoxy groups -OCH3 is 1. The molecule has 34 heavy (non-hydrogen) atoms. The molecule has 8 nitrogen and oxygen atoms in total. The Morgan fingerprint density at radius 1 is 1.09 bits per heavy atom. The fraction of sp³-hybridized carbons (Fsp3) is 0.360. The number of nitrogens with one attached hydrogen (secondary N) is 1. The number of halogens is 1. The molecule has 1 amide bonds. The Labute approximate surface area is 196 Å². The van der Waals surface area contributed by atoms with E-state index in [9.17, 15) is 14.0 Å². The minimum absolute atomic E-state index is 0.0423. The van der Waals surface area contributed by atoms with Gasteiger partial charge in [0.2, 0.25) is 5.91 Å². The highest BCUT2D eigenvalue weighted by Crippen LogP contribution is 2.31. The van der Waals surface area contributed by atoms with Gasteiger partial charge >= 0.3 is 0 Å². The lowest BCUT2D eigenvalue weighted by molar-refractivity contribution is -0.132. The molecule has 0 radical (unpaired) electrons. The van der Waals surface area contributed by atoms with Crippen molar-refractivity contribution in [1.29, 1.82) is 0 Å². The second-order valence-corrected chi connectivity index (χ2v) is 8.14. The van der Waals surface area contributed by atoms with Gasteiger partial charge in [-0.3, -0.25) is 9.59 Å². The normalized spacial score (nSPS) is 13.5. The maximum atomic E-state index is 13.8. The fourth-order valence-electron chi connectivity index (χ4n) is 3.89. The molecule has 0 atom stereocenters. The molecule has 1 aromatic heterocycles. The molecule has 0 unspecified atom stereocenters. The summed E-state index contributed by atoms with van der Waals surface area (Å²) < 4.78 is 25.0. The van der Waals surface area contributed by atoms with Gasteiger partial charge in [0, 0.05) is 37.1 Å². The number of nitrogens with zero attached hydrogens (tertiary/aromatic N) is 3. The lowest BCUT2D eigenvalue weighted by atomic mass is 10.1. The molecule has 2 aromatic carbocycles. The molecule has 2 heterocycles. The zero-order valence-corrected chi connectivity index (χ0v) is 19.1. The summed E-state index contributed by atoms with van der Waals surface area (Å²) in [5.41, 5.74) is 0.857. The van der Waals surface area contributed by atoms with Gasteiger partial charge < -0.3 is 19.4 Å². The SMILES string of the molecule is COc1cc(-c2nnc(CCC(=O)N3CCCCC3)c(=O)[nH]2)ccc1OCc1ccccc1F. The van der Waals surface area contributed by atoms with Gasteiger partial charge in [0.25, 0.3) is 5.56 Å². The average Bonchev–Trinajstić information content (AvgIpc) is 2.87. The van der Waals surface area contributed by atoms with Gasteiger partial charge in [0.15, 0.2) is 17.3 Å². The lowest BCUT2D eigenvalue weighted by Gasteiger charge is -2.26. The van der Waals surface area contributed by atoms with Crippen molar-refractivity contribution in [3.8, 4) is 22.9 Å². The number of rotatable bonds is 8. The standard InChI is InChI=1S/C25H27FN4O4/c1-33-22-15-17(9-11-21(22)34-16-18-7-3-4-8-19(18)26)24-27-25(32)20(28-29-24)10-12-23(31)30-13-5-2-6-14-30/h3-4,7-9,11,15H,2,5-6,10,12-14,16H2,1H3,(H,27,29,32). The summed E-state index contributed by atoms with van der Waals surface area (Å²) in [5, 5.41) is 8.19. The number of piperidine rings is 1. The van der Waals surface area contributed by atoms with Gasteiger partial charge in [0.1, 0.15) is 18.1 Å². The Morgan fingerprint density at radius 3 is 2.62 bits per heavy atom. The first-order valence-corrected chi connectivity index (χ1v) is 11.3. The summed E-state index contributed by atoms with van der Waals surface area (Å²) in [7, 11) is 1.49. The summed E-state index contributed by atoms with van der Waals surface area (Å²) in [6.07, 6.45) is 3.68. The first-order valence-electron chi connectivity index (χ1n) is 11.3. The zero-order chi connectivity index (χ0) is 23.9. The van der Waals surface area contributed by atoms with Crippen LogP contribution in [0.4, 0.5) is 4.39 Å². The van der Waals surface area contributed by atoms with Crippen molar-refractivity contribution >= 4 is 5.91 Å². The van der Waals surface area contributed by atoms with E-state index < -0.39 is 0 Å². The number of ether oxygens (including phenoxy) is 2. The van der Waals surface area contributed by atoms with E-state index >= 15 is 0 Å². The summed E-state index contributed by atoms with van der Waals surface area (Å²) in [5.74, 6) is 0.810. The number of benzene rings is 2. The molecule has 9 heteroatoms. The molecule has 1 N–H and O–H groups in total. The second-order valence-electron chi connectivity index (χ2n) is 8.14. The summed E-state index contributed by atoms with van der Waals surface area (Å²) >= 11 is 0. The Kier molecular flexibility index (Phi) is 7.51. The Bertz CT molecular complexity index is 1210. The largest absolute Gasteiger partial charge is 0.493 e. The molecule has 178 valence electrons. The van der Waals surface area contributed by atoms with E-state index in [4.69, 9.17) is 9.47 Å². The number of aromatic amines is 1. The van der Waals surface area contributed by atoms with Crippen LogP contribution in [0.2, 0.25) is 0 Å². The predicted molar refractivity (Wildman–Crippen MR) is 124 cm³/mol. The third kappa shape index (κ3) is 5.59. The van der Waals surface area contributed by atoms with Crippen molar-refractivity contribution in [2.75, 3.05) is 20.2 Å². The number of carbonyl (C=O) groups excluding carboxylic acids is 1. The molecule has 1 fully saturated rings. The third-order valence-corrected chi connectivity index (χ3v) is 5.83. The van der Waals surface area contributed by atoms with Crippen molar-refractivity contribution in [3.63, 3.8) is 0 Å². The van der Waals surface area contributed by atoms with E-state index in [0.717, 1.165) is 32.4 Å². The highest BCUT2D eigenvalue weighted by atomic mass is 19.1. The minimum Gasteiger partial charge on any atom is -0.493 e. The van der Waals surface area contributed by atoms with Crippen LogP contribution in [-0.4, -0.2) is 46.2 Å². The first-order chi connectivity index (χ1) is 16.5. The van der Waals surface area contributed by atoms with E-state index in [-0.39, 0.29) is 48.3 Å². The molecule has 0 saturated carbocycles. The highest BCUT2D eigenvalue weighted by molar-refractivity contribution is 5.76. The molecule has 0 aliphatic carbocycles. The van der Waals surface area contributed by atoms with Crippen LogP contribution < -0.4 is 15.0 Å². The quantitative estimate of drug-likeness (QED) is 0.546. The third-order valence-electron chi connectivity index (χ3n) is 5.83. The van der Waals surface area contributed by atoms with Gasteiger partial charge in [-0.05, 0) is 43.5 Å². The average molecular weight is 467 g/mol. The Morgan fingerprint density at radius 2 is 1.88 bits per heavy atom. The van der Waals surface area contributed by atoms with Gasteiger partial charge in [-0.2, -0.15) is 0 Å². The van der Waals surface area contributed by atoms with Gasteiger partial charge in [-0.15, -0.1) is 10.2 Å². The lowest BCUT2D eigenvalue weighted by Crippen LogP contribution is -2.36. The number of amides is 1. The van der Waals surface area contributed by atoms with Crippen LogP contribution >= 0.6 is 0 Å². The number of hydrogen-bond acceptors (Lipinski definition) is 6. The maximum absolute atomic E-state index is 13.8. The first kappa shape index (κ1) is 23.4. The molecule has 1 aliphatic heterocycles. The van der Waals surface area contributed by atoms with E-state index in [1.807, 2.05) is 4.90 Å². The van der Waals surface area contributed by atoms with E-state index in [1.165, 1.54) is 13.2 Å². The number of hydrogen-bond donors (Lipinski definition) is 1. The number of aryl methyl sites for hydroxylation is 1. The Balaban J connectivity index is 1.43. The van der Waals surface area contributed by atoms with Crippen LogP contribution in [-0.2, 0) is 17.8 Å². The van der Waals surface area contributed by atoms with Crippen LogP contribution in [0.5, 0.6) is 11.5 Å². The second kappa shape index (κ2) is 10.9. The van der Waals surface area contributed by atoms with Crippen molar-refractivity contribution in [2.45, 2.75) is 38.7 Å². The topological polar surface area (TPSA) is 97.4 Å². The van der Waals surface area contributed by atoms with Crippen LogP contribution in [0.1, 0.15) is 36.9 Å². The monoisotopic (exact) mass is 466 g/mol. The molecule has 1 saturated heterocycles. The Hall–Kier alpha value is -3.75. The van der Waals surface area contributed by atoms with Crippen LogP contribution in [0, 0.1) is 5.82 Å². The van der Waals surface area contributed by atoms with Gasteiger partial charge in [-0.1, -0.05) is 18.2 Å². The summed E-state index contributed by atoms with van der Waals surface area (Å²) in [6.45, 7) is 1.60. The molecular formula is C25H27FN4O4. The van der Waals surface area contributed by atoms with Crippen LogP contribution in [0.25, 0.3) is 11.4 Å². The van der Waals surface area contributed by atoms with Crippen LogP contribution in [0.15, 0.2) is 47.3 Å². The highest BCUT2D eigenvalue weighted by Gasteiger charge is 2.18. The van der Waals surface area contributed by atoms with E-state index in [0.29, 0.717) is 22.6 Å². The predicted octanol–water partition coefficient (Wildman–Crippen LogP) is 3.50. The fourth-order valence-corrected chi connectivity index (χ4v) is 3.89.